The van der Waals surface area contributed by atoms with Crippen LogP contribution in [0.5, 0.6) is 0 Å². The van der Waals surface area contributed by atoms with Gasteiger partial charge >= 0.3 is 0 Å². The SMILES string of the molecule is Cc1ccc(NC(=O)CN2CCN(Cc3ccccc3)CC2)c(Cl)c1. The second-order valence-electron chi connectivity index (χ2n) is 6.57. The fourth-order valence-corrected chi connectivity index (χ4v) is 3.34. The summed E-state index contributed by atoms with van der Waals surface area (Å²) < 4.78 is 0. The van der Waals surface area contributed by atoms with Crippen molar-refractivity contribution in [2.75, 3.05) is 38.0 Å². The Balaban J connectivity index is 1.44. The van der Waals surface area contributed by atoms with Crippen LogP contribution in [0.15, 0.2) is 48.5 Å². The molecule has 0 radical (unpaired) electrons. The van der Waals surface area contributed by atoms with Crippen molar-refractivity contribution in [3.63, 3.8) is 0 Å². The Bertz CT molecular complexity index is 712. The lowest BCUT2D eigenvalue weighted by Gasteiger charge is -2.34. The number of rotatable bonds is 5. The van der Waals surface area contributed by atoms with E-state index in [0.717, 1.165) is 38.3 Å². The minimum Gasteiger partial charge on any atom is -0.324 e. The zero-order valence-electron chi connectivity index (χ0n) is 14.5. The zero-order valence-corrected chi connectivity index (χ0v) is 15.3. The largest absolute Gasteiger partial charge is 0.324 e. The summed E-state index contributed by atoms with van der Waals surface area (Å²) in [5.74, 6) is -0.0118. The van der Waals surface area contributed by atoms with Gasteiger partial charge < -0.3 is 5.32 Å². The smallest absolute Gasteiger partial charge is 0.238 e. The van der Waals surface area contributed by atoms with Crippen LogP contribution in [0.1, 0.15) is 11.1 Å². The molecule has 2 aromatic carbocycles. The van der Waals surface area contributed by atoms with E-state index in [0.29, 0.717) is 17.3 Å². The molecule has 0 spiro atoms. The van der Waals surface area contributed by atoms with Crippen molar-refractivity contribution < 1.29 is 4.79 Å². The Hall–Kier alpha value is -1.88. The summed E-state index contributed by atoms with van der Waals surface area (Å²) in [6, 6.07) is 16.2. The summed E-state index contributed by atoms with van der Waals surface area (Å²) in [7, 11) is 0. The molecule has 0 aliphatic carbocycles. The molecule has 1 heterocycles. The third-order valence-electron chi connectivity index (χ3n) is 4.48. The maximum Gasteiger partial charge on any atom is 0.238 e. The highest BCUT2D eigenvalue weighted by Gasteiger charge is 2.19. The maximum absolute atomic E-state index is 12.3. The molecule has 0 unspecified atom stereocenters. The molecule has 3 rings (SSSR count). The molecular formula is C20H24ClN3O. The lowest BCUT2D eigenvalue weighted by molar-refractivity contribution is -0.117. The van der Waals surface area contributed by atoms with Gasteiger partial charge in [0.05, 0.1) is 17.3 Å². The molecule has 0 bridgehead atoms. The quantitative estimate of drug-likeness (QED) is 0.890. The van der Waals surface area contributed by atoms with Crippen molar-refractivity contribution >= 4 is 23.2 Å². The van der Waals surface area contributed by atoms with Gasteiger partial charge in [-0.25, -0.2) is 0 Å². The van der Waals surface area contributed by atoms with Crippen molar-refractivity contribution in [3.05, 3.63) is 64.7 Å². The Morgan fingerprint density at radius 3 is 2.40 bits per heavy atom. The lowest BCUT2D eigenvalue weighted by atomic mass is 10.2. The van der Waals surface area contributed by atoms with Crippen LogP contribution in [0.4, 0.5) is 5.69 Å². The van der Waals surface area contributed by atoms with Gasteiger partial charge in [-0.15, -0.1) is 0 Å². The molecule has 1 aliphatic rings. The molecule has 1 aliphatic heterocycles. The standard InChI is InChI=1S/C20H24ClN3O/c1-16-7-8-19(18(21)13-16)22-20(25)15-24-11-9-23(10-12-24)14-17-5-3-2-4-6-17/h2-8,13H,9-12,14-15H2,1H3,(H,22,25). The maximum atomic E-state index is 12.3. The van der Waals surface area contributed by atoms with Crippen molar-refractivity contribution in [2.45, 2.75) is 13.5 Å². The van der Waals surface area contributed by atoms with Gasteiger partial charge in [-0.3, -0.25) is 14.6 Å². The number of carbonyl (C=O) groups excluding carboxylic acids is 1. The van der Waals surface area contributed by atoms with E-state index in [1.54, 1.807) is 0 Å². The predicted octanol–water partition coefficient (Wildman–Crippen LogP) is 3.40. The molecule has 2 aromatic rings. The highest BCUT2D eigenvalue weighted by Crippen LogP contribution is 2.22. The molecule has 132 valence electrons. The molecule has 1 amide bonds. The first-order chi connectivity index (χ1) is 12.1. The lowest BCUT2D eigenvalue weighted by Crippen LogP contribution is -2.48. The highest BCUT2D eigenvalue weighted by atomic mass is 35.5. The fraction of sp³-hybridized carbons (Fsp3) is 0.350. The van der Waals surface area contributed by atoms with Gasteiger partial charge in [0, 0.05) is 32.7 Å². The van der Waals surface area contributed by atoms with Crippen molar-refractivity contribution in [1.82, 2.24) is 9.80 Å². The summed E-state index contributed by atoms with van der Waals surface area (Å²) in [5, 5.41) is 3.49. The molecule has 0 aromatic heterocycles. The number of piperazine rings is 1. The molecule has 1 fully saturated rings. The minimum atomic E-state index is -0.0118. The summed E-state index contributed by atoms with van der Waals surface area (Å²) in [4.78, 5) is 16.9. The summed E-state index contributed by atoms with van der Waals surface area (Å²) in [5.41, 5.74) is 3.10. The topological polar surface area (TPSA) is 35.6 Å². The first-order valence-electron chi connectivity index (χ1n) is 8.65. The van der Waals surface area contributed by atoms with Crippen LogP contribution >= 0.6 is 11.6 Å². The van der Waals surface area contributed by atoms with Gasteiger partial charge in [-0.1, -0.05) is 48.0 Å². The van der Waals surface area contributed by atoms with Gasteiger partial charge in [-0.2, -0.15) is 0 Å². The van der Waals surface area contributed by atoms with E-state index in [1.807, 2.05) is 31.2 Å². The monoisotopic (exact) mass is 357 g/mol. The molecule has 0 saturated carbocycles. The van der Waals surface area contributed by atoms with Crippen molar-refractivity contribution in [1.29, 1.82) is 0 Å². The fourth-order valence-electron chi connectivity index (χ4n) is 3.06. The van der Waals surface area contributed by atoms with E-state index in [2.05, 4.69) is 39.4 Å². The molecule has 0 atom stereocenters. The Labute approximate surface area is 154 Å². The van der Waals surface area contributed by atoms with Gasteiger partial charge in [-0.05, 0) is 30.2 Å². The second-order valence-corrected chi connectivity index (χ2v) is 6.98. The van der Waals surface area contributed by atoms with E-state index < -0.39 is 0 Å². The van der Waals surface area contributed by atoms with Crippen LogP contribution in [0, 0.1) is 6.92 Å². The van der Waals surface area contributed by atoms with E-state index in [9.17, 15) is 4.79 Å². The van der Waals surface area contributed by atoms with Gasteiger partial charge in [0.2, 0.25) is 5.91 Å². The van der Waals surface area contributed by atoms with Crippen LogP contribution in [-0.2, 0) is 11.3 Å². The Morgan fingerprint density at radius 2 is 1.72 bits per heavy atom. The third kappa shape index (κ3) is 5.30. The van der Waals surface area contributed by atoms with Crippen LogP contribution < -0.4 is 5.32 Å². The van der Waals surface area contributed by atoms with E-state index in [-0.39, 0.29) is 5.91 Å². The number of hydrogen-bond donors (Lipinski definition) is 1. The summed E-state index contributed by atoms with van der Waals surface area (Å²) in [6.45, 7) is 7.13. The summed E-state index contributed by atoms with van der Waals surface area (Å²) in [6.07, 6.45) is 0. The number of benzene rings is 2. The number of aryl methyl sites for hydroxylation is 1. The molecule has 1 N–H and O–H groups in total. The van der Waals surface area contributed by atoms with E-state index in [1.165, 1.54) is 5.56 Å². The van der Waals surface area contributed by atoms with Crippen LogP contribution in [0.3, 0.4) is 0 Å². The molecule has 25 heavy (non-hydrogen) atoms. The summed E-state index contributed by atoms with van der Waals surface area (Å²) >= 11 is 6.18. The number of carbonyl (C=O) groups is 1. The number of nitrogens with zero attached hydrogens (tertiary/aromatic N) is 2. The minimum absolute atomic E-state index is 0.0118. The van der Waals surface area contributed by atoms with Gasteiger partial charge in [0.15, 0.2) is 0 Å². The van der Waals surface area contributed by atoms with Crippen LogP contribution in [0.25, 0.3) is 0 Å². The highest BCUT2D eigenvalue weighted by molar-refractivity contribution is 6.33. The second kappa shape index (κ2) is 8.48. The Kier molecular flexibility index (Phi) is 6.08. The average molecular weight is 358 g/mol. The normalized spacial score (nSPS) is 15.9. The first kappa shape index (κ1) is 17.9. The number of nitrogens with one attached hydrogen (secondary N) is 1. The average Bonchev–Trinajstić information content (AvgIpc) is 2.60. The van der Waals surface area contributed by atoms with E-state index >= 15 is 0 Å². The molecule has 5 heteroatoms. The van der Waals surface area contributed by atoms with Gasteiger partial charge in [0.25, 0.3) is 0 Å². The molecular weight excluding hydrogens is 334 g/mol. The number of hydrogen-bond acceptors (Lipinski definition) is 3. The van der Waals surface area contributed by atoms with Crippen LogP contribution in [0.2, 0.25) is 5.02 Å². The Morgan fingerprint density at radius 1 is 1.04 bits per heavy atom. The number of anilines is 1. The third-order valence-corrected chi connectivity index (χ3v) is 4.79. The van der Waals surface area contributed by atoms with E-state index in [4.69, 9.17) is 11.6 Å². The van der Waals surface area contributed by atoms with Crippen molar-refractivity contribution in [3.8, 4) is 0 Å². The predicted molar refractivity (Wildman–Crippen MR) is 103 cm³/mol. The number of amides is 1. The zero-order chi connectivity index (χ0) is 17.6. The molecule has 1 saturated heterocycles. The first-order valence-corrected chi connectivity index (χ1v) is 9.02. The van der Waals surface area contributed by atoms with Crippen LogP contribution in [-0.4, -0.2) is 48.4 Å². The number of halogens is 1. The van der Waals surface area contributed by atoms with Crippen molar-refractivity contribution in [2.24, 2.45) is 0 Å². The van der Waals surface area contributed by atoms with Gasteiger partial charge in [0.1, 0.15) is 0 Å². The molecule has 4 nitrogen and oxygen atoms in total.